The first-order valence-electron chi connectivity index (χ1n) is 5.49. The molecule has 0 atom stereocenters. The molecule has 0 aliphatic rings. The lowest BCUT2D eigenvalue weighted by molar-refractivity contribution is 0.595. The third-order valence-corrected chi connectivity index (χ3v) is 2.62. The Morgan fingerprint density at radius 3 is 2.71 bits per heavy atom. The molecule has 2 aromatic heterocycles. The Kier molecular flexibility index (Phi) is 3.93. The van der Waals surface area contributed by atoms with Gasteiger partial charge in [-0.2, -0.15) is 5.10 Å². The number of hydrogen-bond donors (Lipinski definition) is 0. The molecular formula is C11H14ClN5. The van der Waals surface area contributed by atoms with Gasteiger partial charge in [-0.05, 0) is 13.0 Å². The van der Waals surface area contributed by atoms with Gasteiger partial charge in [0.2, 0.25) is 5.95 Å². The summed E-state index contributed by atoms with van der Waals surface area (Å²) in [5, 5.41) is 4.71. The molecule has 0 radical (unpaired) electrons. The first-order chi connectivity index (χ1) is 8.29. The van der Waals surface area contributed by atoms with E-state index in [1.807, 2.05) is 16.9 Å². The Labute approximate surface area is 105 Å². The fraction of sp³-hybridized carbons (Fsp3) is 0.364. The number of hydrogen-bond acceptors (Lipinski definition) is 4. The molecule has 0 aliphatic carbocycles. The molecule has 0 aromatic carbocycles. The minimum atomic E-state index is 0.553. The van der Waals surface area contributed by atoms with Gasteiger partial charge in [0.25, 0.3) is 0 Å². The summed E-state index contributed by atoms with van der Waals surface area (Å²) in [4.78, 5) is 10.5. The van der Waals surface area contributed by atoms with Gasteiger partial charge in [-0.1, -0.05) is 11.6 Å². The monoisotopic (exact) mass is 251 g/mol. The van der Waals surface area contributed by atoms with Crippen LogP contribution >= 0.6 is 11.6 Å². The van der Waals surface area contributed by atoms with Crippen molar-refractivity contribution in [3.05, 3.63) is 35.9 Å². The Morgan fingerprint density at radius 2 is 2.12 bits per heavy atom. The third-order valence-electron chi connectivity index (χ3n) is 2.43. The number of likely N-dealkylation sites (N-methyl/N-ethyl adjacent to an activating group) is 1. The zero-order valence-electron chi connectivity index (χ0n) is 9.62. The Hall–Kier alpha value is -1.62. The SMILES string of the molecule is CCN(CCn1cccn1)c1ncc(Cl)cn1. The second-order valence-electron chi connectivity index (χ2n) is 3.55. The van der Waals surface area contributed by atoms with E-state index < -0.39 is 0 Å². The van der Waals surface area contributed by atoms with Gasteiger partial charge in [0.05, 0.1) is 24.0 Å². The number of rotatable bonds is 5. The van der Waals surface area contributed by atoms with Crippen molar-refractivity contribution in [2.24, 2.45) is 0 Å². The van der Waals surface area contributed by atoms with E-state index in [0.717, 1.165) is 19.6 Å². The molecule has 0 unspecified atom stereocenters. The molecule has 0 saturated carbocycles. The predicted molar refractivity (Wildman–Crippen MR) is 67.2 cm³/mol. The summed E-state index contributed by atoms with van der Waals surface area (Å²) in [6, 6.07) is 1.91. The van der Waals surface area contributed by atoms with E-state index in [1.165, 1.54) is 0 Å². The molecule has 6 heteroatoms. The highest BCUT2D eigenvalue weighted by atomic mass is 35.5. The number of anilines is 1. The minimum Gasteiger partial charge on any atom is -0.339 e. The minimum absolute atomic E-state index is 0.553. The fourth-order valence-electron chi connectivity index (χ4n) is 1.52. The molecule has 0 N–H and O–H groups in total. The van der Waals surface area contributed by atoms with E-state index in [2.05, 4.69) is 26.9 Å². The number of aromatic nitrogens is 4. The van der Waals surface area contributed by atoms with E-state index >= 15 is 0 Å². The van der Waals surface area contributed by atoms with Crippen molar-refractivity contribution < 1.29 is 0 Å². The van der Waals surface area contributed by atoms with Gasteiger partial charge in [-0.3, -0.25) is 4.68 Å². The van der Waals surface area contributed by atoms with E-state index in [4.69, 9.17) is 11.6 Å². The summed E-state index contributed by atoms with van der Waals surface area (Å²) in [5.74, 6) is 0.698. The maximum atomic E-state index is 5.76. The summed E-state index contributed by atoms with van der Waals surface area (Å²) in [6.45, 7) is 4.55. The van der Waals surface area contributed by atoms with Crippen molar-refractivity contribution in [1.82, 2.24) is 19.7 Å². The van der Waals surface area contributed by atoms with Gasteiger partial charge >= 0.3 is 0 Å². The molecule has 2 heterocycles. The van der Waals surface area contributed by atoms with Crippen molar-refractivity contribution in [1.29, 1.82) is 0 Å². The van der Waals surface area contributed by atoms with Crippen LogP contribution in [0.3, 0.4) is 0 Å². The highest BCUT2D eigenvalue weighted by Crippen LogP contribution is 2.09. The molecule has 90 valence electrons. The quantitative estimate of drug-likeness (QED) is 0.814. The molecule has 0 spiro atoms. The Balaban J connectivity index is 1.99. The predicted octanol–water partition coefficient (Wildman–Crippen LogP) is 1.85. The van der Waals surface area contributed by atoms with Gasteiger partial charge in [0.1, 0.15) is 0 Å². The van der Waals surface area contributed by atoms with Crippen LogP contribution in [0.25, 0.3) is 0 Å². The maximum absolute atomic E-state index is 5.76. The maximum Gasteiger partial charge on any atom is 0.225 e. The van der Waals surface area contributed by atoms with E-state index in [1.54, 1.807) is 18.6 Å². The molecule has 2 aromatic rings. The van der Waals surface area contributed by atoms with Crippen LogP contribution < -0.4 is 4.90 Å². The van der Waals surface area contributed by atoms with Gasteiger partial charge in [0, 0.05) is 25.5 Å². The van der Waals surface area contributed by atoms with Crippen molar-refractivity contribution in [3.8, 4) is 0 Å². The summed E-state index contributed by atoms with van der Waals surface area (Å²) in [6.07, 6.45) is 6.94. The molecular weight excluding hydrogens is 238 g/mol. The largest absolute Gasteiger partial charge is 0.339 e. The Morgan fingerprint density at radius 1 is 1.35 bits per heavy atom. The van der Waals surface area contributed by atoms with Crippen LogP contribution in [0.1, 0.15) is 6.92 Å². The highest BCUT2D eigenvalue weighted by molar-refractivity contribution is 6.30. The van der Waals surface area contributed by atoms with Crippen molar-refractivity contribution >= 4 is 17.5 Å². The van der Waals surface area contributed by atoms with Gasteiger partial charge in [0.15, 0.2) is 0 Å². The average Bonchev–Trinajstić information content (AvgIpc) is 2.85. The van der Waals surface area contributed by atoms with Crippen LogP contribution in [0, 0.1) is 0 Å². The van der Waals surface area contributed by atoms with Crippen LogP contribution in [0.4, 0.5) is 5.95 Å². The lowest BCUT2D eigenvalue weighted by atomic mass is 10.5. The van der Waals surface area contributed by atoms with Gasteiger partial charge in [-0.25, -0.2) is 9.97 Å². The summed E-state index contributed by atoms with van der Waals surface area (Å²) < 4.78 is 1.89. The smallest absolute Gasteiger partial charge is 0.225 e. The van der Waals surface area contributed by atoms with Gasteiger partial charge < -0.3 is 4.90 Å². The summed E-state index contributed by atoms with van der Waals surface area (Å²) in [7, 11) is 0. The van der Waals surface area contributed by atoms with Crippen LogP contribution in [-0.4, -0.2) is 32.8 Å². The van der Waals surface area contributed by atoms with Crippen molar-refractivity contribution in [2.75, 3.05) is 18.0 Å². The van der Waals surface area contributed by atoms with Crippen molar-refractivity contribution in [3.63, 3.8) is 0 Å². The van der Waals surface area contributed by atoms with Crippen molar-refractivity contribution in [2.45, 2.75) is 13.5 Å². The molecule has 0 amide bonds. The highest BCUT2D eigenvalue weighted by Gasteiger charge is 2.07. The van der Waals surface area contributed by atoms with Crippen LogP contribution in [-0.2, 0) is 6.54 Å². The molecule has 0 bridgehead atoms. The lowest BCUT2D eigenvalue weighted by Gasteiger charge is -2.20. The fourth-order valence-corrected chi connectivity index (χ4v) is 1.62. The lowest BCUT2D eigenvalue weighted by Crippen LogP contribution is -2.28. The zero-order chi connectivity index (χ0) is 12.1. The zero-order valence-corrected chi connectivity index (χ0v) is 10.4. The molecule has 0 fully saturated rings. The Bertz CT molecular complexity index is 439. The molecule has 2 rings (SSSR count). The second kappa shape index (κ2) is 5.63. The normalized spacial score (nSPS) is 10.5. The average molecular weight is 252 g/mol. The van der Waals surface area contributed by atoms with Crippen LogP contribution in [0.15, 0.2) is 30.9 Å². The second-order valence-corrected chi connectivity index (χ2v) is 3.99. The standard InChI is InChI=1S/C11H14ClN5/c1-2-16(6-7-17-5-3-4-15-17)11-13-8-10(12)9-14-11/h3-5,8-9H,2,6-7H2,1H3. The third kappa shape index (κ3) is 3.17. The molecule has 5 nitrogen and oxygen atoms in total. The molecule has 0 saturated heterocycles. The number of halogens is 1. The topological polar surface area (TPSA) is 46.8 Å². The summed E-state index contributed by atoms with van der Waals surface area (Å²) >= 11 is 5.76. The first-order valence-corrected chi connectivity index (χ1v) is 5.87. The number of nitrogens with zero attached hydrogens (tertiary/aromatic N) is 5. The van der Waals surface area contributed by atoms with Gasteiger partial charge in [-0.15, -0.1) is 0 Å². The van der Waals surface area contributed by atoms with Crippen LogP contribution in [0.5, 0.6) is 0 Å². The summed E-state index contributed by atoms with van der Waals surface area (Å²) in [5.41, 5.74) is 0. The molecule has 0 aliphatic heterocycles. The van der Waals surface area contributed by atoms with E-state index in [9.17, 15) is 0 Å². The van der Waals surface area contributed by atoms with E-state index in [-0.39, 0.29) is 0 Å². The first kappa shape index (κ1) is 11.9. The van der Waals surface area contributed by atoms with Crippen LogP contribution in [0.2, 0.25) is 5.02 Å². The van der Waals surface area contributed by atoms with E-state index in [0.29, 0.717) is 11.0 Å². The molecule has 17 heavy (non-hydrogen) atoms.